The Balaban J connectivity index is 2.48. The van der Waals surface area contributed by atoms with Crippen molar-refractivity contribution in [2.75, 3.05) is 12.3 Å². The maximum Gasteiger partial charge on any atom is 0.240 e. The summed E-state index contributed by atoms with van der Waals surface area (Å²) in [7, 11) is -3.53. The SMILES string of the molecule is NC(=O)CCCCNS(=O)(=O)c1cccc(N)c1. The Bertz CT molecular complexity index is 514. The van der Waals surface area contributed by atoms with Crippen LogP contribution in [0, 0.1) is 0 Å². The fourth-order valence-electron chi connectivity index (χ4n) is 1.40. The van der Waals surface area contributed by atoms with Crippen LogP contribution < -0.4 is 16.2 Å². The van der Waals surface area contributed by atoms with Crippen LogP contribution in [-0.2, 0) is 14.8 Å². The molecule has 0 fully saturated rings. The van der Waals surface area contributed by atoms with Gasteiger partial charge in [0.1, 0.15) is 0 Å². The smallest absolute Gasteiger partial charge is 0.240 e. The van der Waals surface area contributed by atoms with Crippen LogP contribution >= 0.6 is 0 Å². The van der Waals surface area contributed by atoms with E-state index < -0.39 is 10.0 Å². The van der Waals surface area contributed by atoms with E-state index in [1.807, 2.05) is 0 Å². The highest BCUT2D eigenvalue weighted by atomic mass is 32.2. The topological polar surface area (TPSA) is 115 Å². The number of unbranched alkanes of at least 4 members (excludes halogenated alkanes) is 1. The number of benzene rings is 1. The van der Waals surface area contributed by atoms with Crippen molar-refractivity contribution in [1.29, 1.82) is 0 Å². The highest BCUT2D eigenvalue weighted by molar-refractivity contribution is 7.89. The first-order valence-corrected chi connectivity index (χ1v) is 7.03. The second-order valence-electron chi connectivity index (χ2n) is 3.89. The number of nitrogens with one attached hydrogen (secondary N) is 1. The molecule has 7 heteroatoms. The Morgan fingerprint density at radius 1 is 1.28 bits per heavy atom. The van der Waals surface area contributed by atoms with Gasteiger partial charge in [-0.1, -0.05) is 6.07 Å². The molecule has 0 aliphatic heterocycles. The molecule has 0 atom stereocenters. The average molecular weight is 271 g/mol. The van der Waals surface area contributed by atoms with Gasteiger partial charge >= 0.3 is 0 Å². The summed E-state index contributed by atoms with van der Waals surface area (Å²) >= 11 is 0. The molecule has 1 amide bonds. The van der Waals surface area contributed by atoms with Crippen molar-refractivity contribution in [2.45, 2.75) is 24.2 Å². The van der Waals surface area contributed by atoms with Crippen molar-refractivity contribution in [3.05, 3.63) is 24.3 Å². The molecule has 0 saturated carbocycles. The van der Waals surface area contributed by atoms with Crippen LogP contribution in [0.4, 0.5) is 5.69 Å². The summed E-state index contributed by atoms with van der Waals surface area (Å²) in [5.41, 5.74) is 10.9. The van der Waals surface area contributed by atoms with Gasteiger partial charge in [-0.3, -0.25) is 4.79 Å². The molecule has 0 aromatic heterocycles. The number of hydrogen-bond donors (Lipinski definition) is 3. The summed E-state index contributed by atoms with van der Waals surface area (Å²) in [6.07, 6.45) is 1.39. The lowest BCUT2D eigenvalue weighted by molar-refractivity contribution is -0.118. The number of nitrogens with two attached hydrogens (primary N) is 2. The normalized spacial score (nSPS) is 11.3. The van der Waals surface area contributed by atoms with E-state index in [-0.39, 0.29) is 23.8 Å². The molecule has 0 radical (unpaired) electrons. The lowest BCUT2D eigenvalue weighted by atomic mass is 10.2. The lowest BCUT2D eigenvalue weighted by Gasteiger charge is -2.06. The molecule has 1 rings (SSSR count). The fourth-order valence-corrected chi connectivity index (χ4v) is 2.52. The molecular weight excluding hydrogens is 254 g/mol. The lowest BCUT2D eigenvalue weighted by Crippen LogP contribution is -2.25. The highest BCUT2D eigenvalue weighted by Crippen LogP contribution is 2.12. The maximum absolute atomic E-state index is 11.8. The predicted octanol–water partition coefficient (Wildman–Crippen LogP) is 0.203. The first-order chi connectivity index (χ1) is 8.42. The van der Waals surface area contributed by atoms with Crippen LogP contribution in [0.2, 0.25) is 0 Å². The van der Waals surface area contributed by atoms with Crippen LogP contribution in [0.15, 0.2) is 29.2 Å². The van der Waals surface area contributed by atoms with Gasteiger partial charge in [-0.15, -0.1) is 0 Å². The third-order valence-electron chi connectivity index (χ3n) is 2.31. The van der Waals surface area contributed by atoms with Gasteiger partial charge in [0.05, 0.1) is 4.90 Å². The molecule has 0 aliphatic carbocycles. The monoisotopic (exact) mass is 271 g/mol. The molecule has 6 nitrogen and oxygen atoms in total. The molecule has 0 aliphatic rings. The third-order valence-corrected chi connectivity index (χ3v) is 3.77. The van der Waals surface area contributed by atoms with E-state index >= 15 is 0 Å². The molecule has 1 aromatic rings. The first kappa shape index (κ1) is 14.5. The standard InChI is InChI=1S/C11H17N3O3S/c12-9-4-3-5-10(8-9)18(16,17)14-7-2-1-6-11(13)15/h3-5,8,14H,1-2,6-7,12H2,(H2,13,15). The zero-order chi connectivity index (χ0) is 13.6. The van der Waals surface area contributed by atoms with Gasteiger partial charge in [0.25, 0.3) is 0 Å². The van der Waals surface area contributed by atoms with Crippen molar-refractivity contribution >= 4 is 21.6 Å². The molecule has 0 saturated heterocycles. The Hall–Kier alpha value is -1.60. The zero-order valence-electron chi connectivity index (χ0n) is 9.93. The number of rotatable bonds is 7. The Kier molecular flexibility index (Phi) is 5.11. The largest absolute Gasteiger partial charge is 0.399 e. The average Bonchev–Trinajstić information content (AvgIpc) is 2.28. The quantitative estimate of drug-likeness (QED) is 0.485. The van der Waals surface area contributed by atoms with Crippen molar-refractivity contribution in [2.24, 2.45) is 5.73 Å². The van der Waals surface area contributed by atoms with Crippen molar-refractivity contribution in [1.82, 2.24) is 4.72 Å². The van der Waals surface area contributed by atoms with E-state index in [0.29, 0.717) is 18.5 Å². The summed E-state index contributed by atoms with van der Waals surface area (Å²) in [4.78, 5) is 10.6. The number of amides is 1. The molecule has 0 spiro atoms. The number of hydrogen-bond acceptors (Lipinski definition) is 4. The van der Waals surface area contributed by atoms with E-state index in [9.17, 15) is 13.2 Å². The molecule has 100 valence electrons. The molecule has 5 N–H and O–H groups in total. The van der Waals surface area contributed by atoms with Gasteiger partial charge in [-0.25, -0.2) is 13.1 Å². The fraction of sp³-hybridized carbons (Fsp3) is 0.364. The second-order valence-corrected chi connectivity index (χ2v) is 5.66. The number of sulfonamides is 1. The summed E-state index contributed by atoms with van der Waals surface area (Å²) in [5, 5.41) is 0. The van der Waals surface area contributed by atoms with Gasteiger partial charge in [-0.2, -0.15) is 0 Å². The van der Waals surface area contributed by atoms with E-state index in [1.165, 1.54) is 12.1 Å². The van der Waals surface area contributed by atoms with Gasteiger partial charge in [0, 0.05) is 18.7 Å². The second kappa shape index (κ2) is 6.36. The first-order valence-electron chi connectivity index (χ1n) is 5.55. The number of carbonyl (C=O) groups excluding carboxylic acids is 1. The summed E-state index contributed by atoms with van der Waals surface area (Å²) < 4.78 is 26.1. The van der Waals surface area contributed by atoms with E-state index in [1.54, 1.807) is 12.1 Å². The summed E-state index contributed by atoms with van der Waals surface area (Å²) in [5.74, 6) is -0.381. The molecule has 1 aromatic carbocycles. The molecule has 0 unspecified atom stereocenters. The van der Waals surface area contributed by atoms with Crippen molar-refractivity contribution in [3.63, 3.8) is 0 Å². The number of nitrogen functional groups attached to an aromatic ring is 1. The number of primary amides is 1. The van der Waals surface area contributed by atoms with Gasteiger partial charge < -0.3 is 11.5 Å². The van der Waals surface area contributed by atoms with Crippen LogP contribution in [-0.4, -0.2) is 20.9 Å². The molecule has 0 bridgehead atoms. The molecular formula is C11H17N3O3S. The van der Waals surface area contributed by atoms with Crippen LogP contribution in [0.25, 0.3) is 0 Å². The van der Waals surface area contributed by atoms with Gasteiger partial charge in [0.2, 0.25) is 15.9 Å². The minimum absolute atomic E-state index is 0.136. The van der Waals surface area contributed by atoms with Crippen LogP contribution in [0.3, 0.4) is 0 Å². The summed E-state index contributed by atoms with van der Waals surface area (Å²) in [6, 6.07) is 6.07. The predicted molar refractivity (Wildman–Crippen MR) is 69.1 cm³/mol. The minimum Gasteiger partial charge on any atom is -0.399 e. The van der Waals surface area contributed by atoms with E-state index in [0.717, 1.165) is 0 Å². The summed E-state index contributed by atoms with van der Waals surface area (Å²) in [6.45, 7) is 0.268. The van der Waals surface area contributed by atoms with E-state index in [4.69, 9.17) is 11.5 Å². The Labute approximate surface area is 106 Å². The van der Waals surface area contributed by atoms with Crippen molar-refractivity contribution in [3.8, 4) is 0 Å². The Morgan fingerprint density at radius 2 is 2.00 bits per heavy atom. The van der Waals surface area contributed by atoms with E-state index in [2.05, 4.69) is 4.72 Å². The van der Waals surface area contributed by atoms with Crippen molar-refractivity contribution < 1.29 is 13.2 Å². The highest BCUT2D eigenvalue weighted by Gasteiger charge is 2.12. The minimum atomic E-state index is -3.53. The zero-order valence-corrected chi connectivity index (χ0v) is 10.7. The van der Waals surface area contributed by atoms with Gasteiger partial charge in [-0.05, 0) is 31.0 Å². The van der Waals surface area contributed by atoms with Gasteiger partial charge in [0.15, 0.2) is 0 Å². The maximum atomic E-state index is 11.8. The van der Waals surface area contributed by atoms with Crippen LogP contribution in [0.1, 0.15) is 19.3 Å². The molecule has 18 heavy (non-hydrogen) atoms. The number of anilines is 1. The molecule has 0 heterocycles. The third kappa shape index (κ3) is 4.72. The van der Waals surface area contributed by atoms with Crippen LogP contribution in [0.5, 0.6) is 0 Å². The number of carbonyl (C=O) groups is 1. The Morgan fingerprint density at radius 3 is 2.61 bits per heavy atom.